The van der Waals surface area contributed by atoms with E-state index in [1.807, 2.05) is 6.07 Å². The molecule has 1 aliphatic heterocycles. The van der Waals surface area contributed by atoms with E-state index in [1.165, 1.54) is 18.3 Å². The molecule has 0 radical (unpaired) electrons. The van der Waals surface area contributed by atoms with Gasteiger partial charge < -0.3 is 29.5 Å². The Morgan fingerprint density at radius 1 is 0.902 bits per heavy atom. The molecule has 2 aromatic heterocycles. The normalized spacial score (nSPS) is 19.6. The number of carboxylic acid groups (broad SMARTS) is 2. The molecule has 1 aliphatic carbocycles. The van der Waals surface area contributed by atoms with Crippen LogP contribution in [0.4, 0.5) is 8.78 Å². The molecule has 5 rings (SSSR count). The van der Waals surface area contributed by atoms with Crippen LogP contribution in [0.25, 0.3) is 0 Å². The van der Waals surface area contributed by atoms with Crippen LogP contribution in [-0.4, -0.2) is 69.1 Å². The Bertz CT molecular complexity index is 1660. The number of aromatic nitrogens is 2. The van der Waals surface area contributed by atoms with Gasteiger partial charge in [0.2, 0.25) is 0 Å². The first-order valence-corrected chi connectivity index (χ1v) is 16.5. The number of alkyl halides is 2. The minimum Gasteiger partial charge on any atom is -0.487 e. The van der Waals surface area contributed by atoms with E-state index in [0.29, 0.717) is 12.1 Å². The fraction of sp³-hybridized carbons (Fsp3) is 0.472. The van der Waals surface area contributed by atoms with Crippen molar-refractivity contribution in [2.45, 2.75) is 76.6 Å². The molecule has 1 saturated heterocycles. The van der Waals surface area contributed by atoms with Gasteiger partial charge in [-0.15, -0.1) is 0 Å². The lowest BCUT2D eigenvalue weighted by molar-refractivity contribution is -0.218. The second-order valence-corrected chi connectivity index (χ2v) is 13.4. The zero-order valence-electron chi connectivity index (χ0n) is 28.1. The van der Waals surface area contributed by atoms with E-state index in [-0.39, 0.29) is 61.9 Å². The fourth-order valence-electron chi connectivity index (χ4n) is 6.13. The first-order valence-electron chi connectivity index (χ1n) is 16.5. The molecule has 0 bridgehead atoms. The molecule has 3 aromatic rings. The van der Waals surface area contributed by atoms with Crippen molar-refractivity contribution in [1.29, 1.82) is 0 Å². The molecule has 3 unspecified atom stereocenters. The molecule has 0 spiro atoms. The predicted octanol–water partition coefficient (Wildman–Crippen LogP) is 5.28. The highest BCUT2D eigenvalue weighted by Gasteiger charge is 2.38. The minimum atomic E-state index is -3.02. The van der Waals surface area contributed by atoms with Gasteiger partial charge in [-0.1, -0.05) is 18.2 Å². The molecule has 2 fully saturated rings. The van der Waals surface area contributed by atoms with E-state index >= 15 is 0 Å². The third-order valence-electron chi connectivity index (χ3n) is 8.83. The van der Waals surface area contributed by atoms with Gasteiger partial charge in [0.1, 0.15) is 5.60 Å². The van der Waals surface area contributed by atoms with Crippen LogP contribution in [0, 0.1) is 17.8 Å². The maximum absolute atomic E-state index is 13.2. The third-order valence-corrected chi connectivity index (χ3v) is 8.83. The number of carbonyl (C=O) groups is 3. The van der Waals surface area contributed by atoms with E-state index in [1.54, 1.807) is 44.3 Å². The van der Waals surface area contributed by atoms with Gasteiger partial charge in [-0.3, -0.25) is 19.5 Å². The Morgan fingerprint density at radius 3 is 2.20 bits per heavy atom. The molecule has 4 atom stereocenters. The standard InChI is InChI=1S/C36H40F2N2O11/c1-36(2,46)30-9-5-22(17-39-30)26(21-4-8-28(49-35(37)38)29(12-21)48-25-6-7-25)11-20-3-10-31(40-16-20)50-51-34(45)14-24-19-47-18-23(13-32(41)42)27(24)15-33(43)44/h3-5,8-10,12,16-17,23-27,35,46H,6-7,11,13-15,18-19H2,1-2H3,(H,41,42)(H,43,44)/t23?,24?,26-,27?/m0/s1. The summed E-state index contributed by atoms with van der Waals surface area (Å²) < 4.78 is 42.4. The van der Waals surface area contributed by atoms with Gasteiger partial charge in [-0.2, -0.15) is 8.78 Å². The summed E-state index contributed by atoms with van der Waals surface area (Å²) >= 11 is 0. The van der Waals surface area contributed by atoms with Gasteiger partial charge in [-0.05, 0) is 85.8 Å². The molecule has 3 N–H and O–H groups in total. The van der Waals surface area contributed by atoms with Gasteiger partial charge in [0.25, 0.3) is 5.88 Å². The number of carbonyl (C=O) groups excluding carboxylic acids is 1. The minimum absolute atomic E-state index is 0.0285. The summed E-state index contributed by atoms with van der Waals surface area (Å²) in [6.07, 6.45) is 4.25. The van der Waals surface area contributed by atoms with Gasteiger partial charge in [0.15, 0.2) is 11.5 Å². The average Bonchev–Trinajstić information content (AvgIpc) is 3.89. The number of aliphatic carboxylic acids is 2. The SMILES string of the molecule is CC(C)(O)c1ccc([C@@H](Cc2ccc(OOC(=O)CC3COCC(CC(=O)O)C3CC(=O)O)nc2)c2ccc(OC(F)F)c(OC3CC3)c2)cn1. The van der Waals surface area contributed by atoms with Crippen LogP contribution in [0.5, 0.6) is 17.4 Å². The molecule has 2 aliphatic rings. The number of nitrogens with zero attached hydrogens (tertiary/aromatic N) is 2. The lowest BCUT2D eigenvalue weighted by Crippen LogP contribution is -2.39. The van der Waals surface area contributed by atoms with Crippen molar-refractivity contribution in [2.75, 3.05) is 13.2 Å². The van der Waals surface area contributed by atoms with Gasteiger partial charge >= 0.3 is 24.5 Å². The highest BCUT2D eigenvalue weighted by atomic mass is 19.3. The molecular formula is C36H40F2N2O11. The van der Waals surface area contributed by atoms with Crippen molar-refractivity contribution < 1.29 is 62.5 Å². The highest BCUT2D eigenvalue weighted by molar-refractivity contribution is 5.71. The van der Waals surface area contributed by atoms with E-state index < -0.39 is 47.9 Å². The second kappa shape index (κ2) is 16.4. The van der Waals surface area contributed by atoms with Gasteiger partial charge in [-0.25, -0.2) is 14.7 Å². The van der Waals surface area contributed by atoms with Crippen molar-refractivity contribution in [1.82, 2.24) is 9.97 Å². The van der Waals surface area contributed by atoms with Gasteiger partial charge in [0, 0.05) is 30.8 Å². The van der Waals surface area contributed by atoms with Crippen molar-refractivity contribution in [3.05, 3.63) is 77.2 Å². The lowest BCUT2D eigenvalue weighted by Gasteiger charge is -2.36. The summed E-state index contributed by atoms with van der Waals surface area (Å²) in [5.41, 5.74) is 1.55. The molecule has 13 nitrogen and oxygen atoms in total. The Labute approximate surface area is 292 Å². The second-order valence-electron chi connectivity index (χ2n) is 13.4. The summed E-state index contributed by atoms with van der Waals surface area (Å²) in [5, 5.41) is 29.0. The van der Waals surface area contributed by atoms with Crippen LogP contribution in [0.2, 0.25) is 0 Å². The molecule has 1 saturated carbocycles. The first kappa shape index (κ1) is 37.4. The van der Waals surface area contributed by atoms with E-state index in [0.717, 1.165) is 29.5 Å². The Morgan fingerprint density at radius 2 is 1.61 bits per heavy atom. The van der Waals surface area contributed by atoms with Crippen molar-refractivity contribution >= 4 is 17.9 Å². The first-order chi connectivity index (χ1) is 24.2. The Balaban J connectivity index is 1.29. The number of benzene rings is 1. The number of carboxylic acids is 2. The molecular weight excluding hydrogens is 674 g/mol. The summed E-state index contributed by atoms with van der Waals surface area (Å²) in [4.78, 5) is 54.2. The fourth-order valence-corrected chi connectivity index (χ4v) is 6.13. The van der Waals surface area contributed by atoms with Crippen LogP contribution in [0.1, 0.15) is 74.3 Å². The zero-order valence-corrected chi connectivity index (χ0v) is 28.1. The van der Waals surface area contributed by atoms with Crippen molar-refractivity contribution in [3.8, 4) is 17.4 Å². The molecule has 0 amide bonds. The summed E-state index contributed by atoms with van der Waals surface area (Å²) in [7, 11) is 0. The molecule has 3 heterocycles. The van der Waals surface area contributed by atoms with Crippen molar-refractivity contribution in [2.24, 2.45) is 17.8 Å². The summed E-state index contributed by atoms with van der Waals surface area (Å²) in [5.74, 6) is -4.99. The van der Waals surface area contributed by atoms with Crippen LogP contribution >= 0.6 is 0 Å². The number of rotatable bonds is 17. The smallest absolute Gasteiger partial charge is 0.387 e. The maximum Gasteiger partial charge on any atom is 0.387 e. The predicted molar refractivity (Wildman–Crippen MR) is 173 cm³/mol. The quantitative estimate of drug-likeness (QED) is 0.121. The number of hydrogen-bond donors (Lipinski definition) is 3. The van der Waals surface area contributed by atoms with Gasteiger partial charge in [0.05, 0.1) is 37.9 Å². The highest BCUT2D eigenvalue weighted by Crippen LogP contribution is 2.39. The maximum atomic E-state index is 13.2. The molecule has 15 heteroatoms. The number of ether oxygens (including phenoxy) is 3. The van der Waals surface area contributed by atoms with E-state index in [9.17, 15) is 38.5 Å². The van der Waals surface area contributed by atoms with Crippen LogP contribution < -0.4 is 14.4 Å². The topological polar surface area (TPSA) is 184 Å². The third kappa shape index (κ3) is 10.8. The van der Waals surface area contributed by atoms with Crippen LogP contribution in [-0.2, 0) is 36.0 Å². The Hall–Kier alpha value is -4.89. The number of pyridine rings is 2. The Kier molecular flexibility index (Phi) is 12.0. The summed E-state index contributed by atoms with van der Waals surface area (Å²) in [6, 6.07) is 11.6. The molecule has 274 valence electrons. The monoisotopic (exact) mass is 714 g/mol. The van der Waals surface area contributed by atoms with Crippen LogP contribution in [0.15, 0.2) is 54.9 Å². The van der Waals surface area contributed by atoms with E-state index in [4.69, 9.17) is 24.0 Å². The summed E-state index contributed by atoms with van der Waals surface area (Å²) in [6.45, 7) is 0.383. The van der Waals surface area contributed by atoms with Crippen molar-refractivity contribution in [3.63, 3.8) is 0 Å². The number of halogens is 2. The number of aliphatic hydroxyl groups is 1. The largest absolute Gasteiger partial charge is 0.487 e. The molecule has 51 heavy (non-hydrogen) atoms. The van der Waals surface area contributed by atoms with Crippen LogP contribution in [0.3, 0.4) is 0 Å². The van der Waals surface area contributed by atoms with E-state index in [2.05, 4.69) is 9.97 Å². The number of hydrogen-bond acceptors (Lipinski definition) is 11. The lowest BCUT2D eigenvalue weighted by atomic mass is 9.75. The average molecular weight is 715 g/mol. The zero-order chi connectivity index (χ0) is 36.7. The molecule has 1 aromatic carbocycles.